The van der Waals surface area contributed by atoms with E-state index in [1.165, 1.54) is 18.2 Å². The summed E-state index contributed by atoms with van der Waals surface area (Å²) < 4.78 is 86.0. The molecule has 110 valence electrons. The van der Waals surface area contributed by atoms with Crippen LogP contribution < -0.4 is 4.18 Å². The van der Waals surface area contributed by atoms with Gasteiger partial charge in [-0.05, 0) is 12.1 Å². The quantitative estimate of drug-likeness (QED) is 0.502. The molecule has 0 atom stereocenters. The van der Waals surface area contributed by atoms with Crippen LogP contribution in [0.25, 0.3) is 0 Å². The summed E-state index contributed by atoms with van der Waals surface area (Å²) in [5, 5.41) is 0. The summed E-state index contributed by atoms with van der Waals surface area (Å²) in [5.74, 6) is -0.371. The zero-order valence-electron chi connectivity index (χ0n) is 9.33. The van der Waals surface area contributed by atoms with Crippen molar-refractivity contribution in [2.24, 2.45) is 0 Å². The fraction of sp³-hybridized carbons (Fsp3) is 0.250. The summed E-state index contributed by atoms with van der Waals surface area (Å²) >= 11 is 0. The van der Waals surface area contributed by atoms with E-state index in [0.29, 0.717) is 6.26 Å². The molecule has 6 nitrogen and oxygen atoms in total. The van der Waals surface area contributed by atoms with Gasteiger partial charge in [-0.1, -0.05) is 18.2 Å². The number of alkyl halides is 3. The maximum absolute atomic E-state index is 11.8. The summed E-state index contributed by atoms with van der Waals surface area (Å²) in [4.78, 5) is 0. The minimum absolute atomic E-state index is 0.371. The first-order valence-electron chi connectivity index (χ1n) is 4.31. The third-order valence-electron chi connectivity index (χ3n) is 1.23. The Hall–Kier alpha value is -1.33. The number of benzene rings is 1. The van der Waals surface area contributed by atoms with E-state index < -0.39 is 25.7 Å². The maximum Gasteiger partial charge on any atom is 0.534 e. The first-order chi connectivity index (χ1) is 8.33. The van der Waals surface area contributed by atoms with E-state index >= 15 is 0 Å². The molecular weight excluding hydrogens is 313 g/mol. The van der Waals surface area contributed by atoms with Crippen LogP contribution in [0.3, 0.4) is 0 Å². The van der Waals surface area contributed by atoms with Crippen molar-refractivity contribution < 1.29 is 38.7 Å². The Kier molecular flexibility index (Phi) is 5.78. The lowest BCUT2D eigenvalue weighted by Crippen LogP contribution is -2.27. The molecule has 0 bridgehead atoms. The number of halogens is 3. The lowest BCUT2D eigenvalue weighted by molar-refractivity contribution is -0.0500. The second kappa shape index (κ2) is 6.21. The first-order valence-corrected chi connectivity index (χ1v) is 7.57. The Labute approximate surface area is 107 Å². The molecule has 1 aromatic carbocycles. The van der Waals surface area contributed by atoms with Gasteiger partial charge in [-0.2, -0.15) is 30.0 Å². The van der Waals surface area contributed by atoms with Gasteiger partial charge in [-0.3, -0.25) is 4.55 Å². The Balaban J connectivity index is 0.000000555. The largest absolute Gasteiger partial charge is 0.534 e. The number of hydrogen-bond acceptors (Lipinski definition) is 5. The highest BCUT2D eigenvalue weighted by Crippen LogP contribution is 2.26. The van der Waals surface area contributed by atoms with Gasteiger partial charge in [0.1, 0.15) is 5.75 Å². The van der Waals surface area contributed by atoms with Crippen molar-refractivity contribution in [3.05, 3.63) is 30.3 Å². The van der Waals surface area contributed by atoms with Crippen LogP contribution in [0.1, 0.15) is 0 Å². The third kappa shape index (κ3) is 8.40. The number of hydrogen-bond donors (Lipinski definition) is 1. The Bertz CT molecular complexity index is 583. The zero-order chi connectivity index (χ0) is 15.3. The van der Waals surface area contributed by atoms with E-state index in [4.69, 9.17) is 4.55 Å². The van der Waals surface area contributed by atoms with E-state index in [1.54, 1.807) is 0 Å². The van der Waals surface area contributed by atoms with Crippen LogP contribution in [-0.4, -0.2) is 33.2 Å². The molecule has 1 N–H and O–H groups in total. The van der Waals surface area contributed by atoms with Crippen molar-refractivity contribution in [2.45, 2.75) is 5.51 Å². The summed E-state index contributed by atoms with van der Waals surface area (Å²) in [7, 11) is -9.22. The van der Waals surface area contributed by atoms with E-state index in [0.717, 1.165) is 12.1 Å². The lowest BCUT2D eigenvalue weighted by Gasteiger charge is -2.08. The molecule has 0 fully saturated rings. The fourth-order valence-electron chi connectivity index (χ4n) is 0.650. The van der Waals surface area contributed by atoms with Crippen LogP contribution in [0, 0.1) is 0 Å². The highest BCUT2D eigenvalue weighted by atomic mass is 32.2. The molecule has 0 aromatic heterocycles. The first kappa shape index (κ1) is 17.7. The molecule has 11 heteroatoms. The van der Waals surface area contributed by atoms with Crippen molar-refractivity contribution in [1.82, 2.24) is 0 Å². The van der Waals surface area contributed by atoms with Gasteiger partial charge in [-0.15, -0.1) is 0 Å². The molecule has 0 spiro atoms. The van der Waals surface area contributed by atoms with Crippen LogP contribution in [0.2, 0.25) is 0 Å². The highest BCUT2D eigenvalue weighted by Gasteiger charge is 2.48. The topological polar surface area (TPSA) is 97.7 Å². The van der Waals surface area contributed by atoms with Gasteiger partial charge in [0.05, 0.1) is 6.26 Å². The molecule has 0 amide bonds. The lowest BCUT2D eigenvalue weighted by atomic mass is 10.3. The molecule has 19 heavy (non-hydrogen) atoms. The van der Waals surface area contributed by atoms with Crippen molar-refractivity contribution >= 4 is 20.2 Å². The van der Waals surface area contributed by atoms with Crippen LogP contribution in [-0.2, 0) is 20.2 Å². The Morgan fingerprint density at radius 1 is 1.05 bits per heavy atom. The Morgan fingerprint density at radius 3 is 1.74 bits per heavy atom. The smallest absolute Gasteiger partial charge is 0.376 e. The second-order valence-electron chi connectivity index (χ2n) is 3.03. The standard InChI is InChI=1S/C7H5F3O3S.CH4O3S/c8-7(9,10)14(11,12)13-6-4-2-1-3-5-6;1-5(2,3)4/h1-5H;1H3,(H,2,3,4). The molecule has 0 saturated carbocycles. The van der Waals surface area contributed by atoms with E-state index in [2.05, 4.69) is 4.18 Å². The summed E-state index contributed by atoms with van der Waals surface area (Å²) in [6, 6.07) is 6.47. The maximum atomic E-state index is 11.8. The van der Waals surface area contributed by atoms with Crippen LogP contribution in [0.5, 0.6) is 5.75 Å². The summed E-state index contributed by atoms with van der Waals surface area (Å²) in [6.45, 7) is 0. The minimum atomic E-state index is -5.55. The molecular formula is C8H9F3O6S2. The predicted octanol–water partition coefficient (Wildman–Crippen LogP) is 1.42. The van der Waals surface area contributed by atoms with Crippen LogP contribution in [0.4, 0.5) is 13.2 Å². The minimum Gasteiger partial charge on any atom is -0.376 e. The number of para-hydroxylation sites is 1. The highest BCUT2D eigenvalue weighted by molar-refractivity contribution is 7.88. The van der Waals surface area contributed by atoms with Gasteiger partial charge >= 0.3 is 15.6 Å². The second-order valence-corrected chi connectivity index (χ2v) is 6.03. The van der Waals surface area contributed by atoms with E-state index in [9.17, 15) is 30.0 Å². The molecule has 0 radical (unpaired) electrons. The van der Waals surface area contributed by atoms with Crippen molar-refractivity contribution in [3.63, 3.8) is 0 Å². The monoisotopic (exact) mass is 322 g/mol. The molecule has 0 aliphatic rings. The fourth-order valence-corrected chi connectivity index (χ4v) is 1.11. The molecule has 0 unspecified atom stereocenters. The number of rotatable bonds is 2. The summed E-state index contributed by atoms with van der Waals surface area (Å²) in [6.07, 6.45) is 0.715. The molecule has 0 aliphatic heterocycles. The van der Waals surface area contributed by atoms with Gasteiger partial charge in [-0.25, -0.2) is 0 Å². The molecule has 1 rings (SSSR count). The molecule has 1 aromatic rings. The zero-order valence-corrected chi connectivity index (χ0v) is 11.0. The van der Waals surface area contributed by atoms with E-state index in [1.807, 2.05) is 0 Å². The molecule has 0 aliphatic carbocycles. The average molecular weight is 322 g/mol. The van der Waals surface area contributed by atoms with Gasteiger partial charge in [0.2, 0.25) is 0 Å². The summed E-state index contributed by atoms with van der Waals surface area (Å²) in [5.41, 5.74) is -5.40. The SMILES string of the molecule is CS(=O)(=O)O.O=S(=O)(Oc1ccccc1)C(F)(F)F. The predicted molar refractivity (Wildman–Crippen MR) is 59.5 cm³/mol. The van der Waals surface area contributed by atoms with Crippen molar-refractivity contribution in [2.75, 3.05) is 6.26 Å². The van der Waals surface area contributed by atoms with Gasteiger partial charge in [0.25, 0.3) is 10.1 Å². The van der Waals surface area contributed by atoms with Gasteiger partial charge in [0, 0.05) is 0 Å². The van der Waals surface area contributed by atoms with E-state index in [-0.39, 0.29) is 5.75 Å². The van der Waals surface area contributed by atoms with Gasteiger partial charge < -0.3 is 4.18 Å². The molecule has 0 heterocycles. The van der Waals surface area contributed by atoms with Crippen molar-refractivity contribution in [1.29, 1.82) is 0 Å². The van der Waals surface area contributed by atoms with Gasteiger partial charge in [0.15, 0.2) is 0 Å². The Morgan fingerprint density at radius 2 is 1.42 bits per heavy atom. The third-order valence-corrected chi connectivity index (χ3v) is 2.21. The normalized spacial score (nSPS) is 12.3. The van der Waals surface area contributed by atoms with Crippen LogP contribution in [0.15, 0.2) is 30.3 Å². The molecule has 0 saturated heterocycles. The average Bonchev–Trinajstić information content (AvgIpc) is 2.13. The van der Waals surface area contributed by atoms with Crippen LogP contribution >= 0.6 is 0 Å². The van der Waals surface area contributed by atoms with Crippen molar-refractivity contribution in [3.8, 4) is 5.75 Å².